The quantitative estimate of drug-likeness (QED) is 0.767. The standard InChI is InChI=1S/C13H25N3O2/c1-13(2,3)11(17)14-10-6-8-16(9-7-10)12(18)15(4)5/h10H,6-9H2,1-5H3,(H,14,17). The maximum Gasteiger partial charge on any atom is 0.319 e. The van der Waals surface area contributed by atoms with Gasteiger partial charge in [0.1, 0.15) is 0 Å². The summed E-state index contributed by atoms with van der Waals surface area (Å²) in [7, 11) is 3.52. The second-order valence-electron chi connectivity index (χ2n) is 6.16. The zero-order valence-corrected chi connectivity index (χ0v) is 12.1. The molecular weight excluding hydrogens is 230 g/mol. The van der Waals surface area contributed by atoms with Gasteiger partial charge in [0.2, 0.25) is 5.91 Å². The Kier molecular flexibility index (Phi) is 4.59. The molecule has 0 aromatic heterocycles. The highest BCUT2D eigenvalue weighted by Gasteiger charge is 2.28. The molecule has 1 fully saturated rings. The van der Waals surface area contributed by atoms with Crippen LogP contribution in [0.2, 0.25) is 0 Å². The van der Waals surface area contributed by atoms with Crippen molar-refractivity contribution in [3.8, 4) is 0 Å². The molecule has 104 valence electrons. The lowest BCUT2D eigenvalue weighted by Gasteiger charge is -2.34. The number of amides is 3. The lowest BCUT2D eigenvalue weighted by atomic mass is 9.94. The molecule has 1 aliphatic rings. The number of carbonyl (C=O) groups excluding carboxylic acids is 2. The van der Waals surface area contributed by atoms with Crippen LogP contribution in [0.1, 0.15) is 33.6 Å². The number of urea groups is 1. The van der Waals surface area contributed by atoms with Crippen LogP contribution in [0.5, 0.6) is 0 Å². The van der Waals surface area contributed by atoms with Gasteiger partial charge >= 0.3 is 6.03 Å². The fourth-order valence-corrected chi connectivity index (χ4v) is 1.90. The summed E-state index contributed by atoms with van der Waals surface area (Å²) in [6, 6.07) is 0.249. The summed E-state index contributed by atoms with van der Waals surface area (Å²) in [5.41, 5.74) is -0.351. The molecular formula is C13H25N3O2. The van der Waals surface area contributed by atoms with Crippen molar-refractivity contribution in [2.24, 2.45) is 5.41 Å². The maximum atomic E-state index is 11.9. The van der Waals surface area contributed by atoms with Crippen LogP contribution in [0.4, 0.5) is 4.79 Å². The lowest BCUT2D eigenvalue weighted by molar-refractivity contribution is -0.129. The number of carbonyl (C=O) groups is 2. The van der Waals surface area contributed by atoms with Gasteiger partial charge in [-0.05, 0) is 12.8 Å². The van der Waals surface area contributed by atoms with Gasteiger partial charge in [0.25, 0.3) is 0 Å². The molecule has 5 heteroatoms. The molecule has 0 aliphatic carbocycles. The van der Waals surface area contributed by atoms with Gasteiger partial charge in [0, 0.05) is 38.6 Å². The average molecular weight is 255 g/mol. The van der Waals surface area contributed by atoms with E-state index in [0.29, 0.717) is 13.1 Å². The first-order chi connectivity index (χ1) is 8.21. The van der Waals surface area contributed by atoms with Crippen molar-refractivity contribution in [3.63, 3.8) is 0 Å². The van der Waals surface area contributed by atoms with Gasteiger partial charge in [-0.2, -0.15) is 0 Å². The Morgan fingerprint density at radius 3 is 2.06 bits per heavy atom. The van der Waals surface area contributed by atoms with Crippen LogP contribution in [-0.2, 0) is 4.79 Å². The highest BCUT2D eigenvalue weighted by molar-refractivity contribution is 5.81. The molecule has 0 aromatic carbocycles. The summed E-state index contributed by atoms with van der Waals surface area (Å²) in [4.78, 5) is 27.0. The molecule has 0 atom stereocenters. The summed E-state index contributed by atoms with van der Waals surface area (Å²) < 4.78 is 0. The molecule has 1 heterocycles. The number of nitrogens with one attached hydrogen (secondary N) is 1. The van der Waals surface area contributed by atoms with Crippen LogP contribution >= 0.6 is 0 Å². The van der Waals surface area contributed by atoms with E-state index in [-0.39, 0.29) is 23.4 Å². The van der Waals surface area contributed by atoms with Crippen LogP contribution < -0.4 is 5.32 Å². The Bertz CT molecular complexity index is 313. The average Bonchev–Trinajstić information content (AvgIpc) is 2.27. The smallest absolute Gasteiger partial charge is 0.319 e. The zero-order valence-electron chi connectivity index (χ0n) is 12.1. The van der Waals surface area contributed by atoms with Crippen LogP contribution in [0.25, 0.3) is 0 Å². The Morgan fingerprint density at radius 1 is 1.17 bits per heavy atom. The first kappa shape index (κ1) is 14.8. The first-order valence-corrected chi connectivity index (χ1v) is 6.49. The minimum Gasteiger partial charge on any atom is -0.353 e. The second-order valence-corrected chi connectivity index (χ2v) is 6.16. The number of piperidine rings is 1. The molecule has 5 nitrogen and oxygen atoms in total. The topological polar surface area (TPSA) is 52.7 Å². The van der Waals surface area contributed by atoms with Gasteiger partial charge in [-0.25, -0.2) is 4.79 Å². The SMILES string of the molecule is CN(C)C(=O)N1CCC(NC(=O)C(C)(C)C)CC1. The predicted molar refractivity (Wildman–Crippen MR) is 71.3 cm³/mol. The third-order valence-electron chi connectivity index (χ3n) is 3.16. The number of hydrogen-bond acceptors (Lipinski definition) is 2. The number of likely N-dealkylation sites (tertiary alicyclic amines) is 1. The van der Waals surface area contributed by atoms with E-state index in [1.54, 1.807) is 19.0 Å². The highest BCUT2D eigenvalue weighted by Crippen LogP contribution is 2.16. The van der Waals surface area contributed by atoms with E-state index in [9.17, 15) is 9.59 Å². The fraction of sp³-hybridized carbons (Fsp3) is 0.846. The van der Waals surface area contributed by atoms with E-state index in [4.69, 9.17) is 0 Å². The molecule has 1 N–H and O–H groups in total. The molecule has 0 spiro atoms. The molecule has 3 amide bonds. The Balaban J connectivity index is 2.41. The van der Waals surface area contributed by atoms with Crippen molar-refractivity contribution in [2.75, 3.05) is 27.2 Å². The maximum absolute atomic E-state index is 11.9. The Hall–Kier alpha value is -1.26. The van der Waals surface area contributed by atoms with Crippen molar-refractivity contribution in [1.82, 2.24) is 15.1 Å². The van der Waals surface area contributed by atoms with Gasteiger partial charge in [-0.15, -0.1) is 0 Å². The highest BCUT2D eigenvalue weighted by atomic mass is 16.2. The normalized spacial score (nSPS) is 17.5. The summed E-state index contributed by atoms with van der Waals surface area (Å²) in [5, 5.41) is 3.06. The van der Waals surface area contributed by atoms with Crippen molar-refractivity contribution in [1.29, 1.82) is 0 Å². The molecule has 1 saturated heterocycles. The van der Waals surface area contributed by atoms with Crippen LogP contribution in [0.3, 0.4) is 0 Å². The molecule has 0 unspecified atom stereocenters. The third-order valence-corrected chi connectivity index (χ3v) is 3.16. The minimum absolute atomic E-state index is 0.0515. The number of nitrogens with zero attached hydrogens (tertiary/aromatic N) is 2. The van der Waals surface area contributed by atoms with Gasteiger partial charge in [0.15, 0.2) is 0 Å². The third kappa shape index (κ3) is 3.89. The predicted octanol–water partition coefficient (Wildman–Crippen LogP) is 1.29. The van der Waals surface area contributed by atoms with Crippen molar-refractivity contribution < 1.29 is 9.59 Å². The van der Waals surface area contributed by atoms with Crippen molar-refractivity contribution >= 4 is 11.9 Å². The summed E-state index contributed by atoms with van der Waals surface area (Å²) >= 11 is 0. The Labute approximate surface area is 110 Å². The van der Waals surface area contributed by atoms with Gasteiger partial charge < -0.3 is 15.1 Å². The molecule has 0 saturated carbocycles. The fourth-order valence-electron chi connectivity index (χ4n) is 1.90. The van der Waals surface area contributed by atoms with E-state index in [1.165, 1.54) is 0 Å². The van der Waals surface area contributed by atoms with E-state index in [0.717, 1.165) is 12.8 Å². The number of rotatable bonds is 1. The van der Waals surface area contributed by atoms with Crippen molar-refractivity contribution in [3.05, 3.63) is 0 Å². The number of hydrogen-bond donors (Lipinski definition) is 1. The van der Waals surface area contributed by atoms with E-state index in [1.807, 2.05) is 25.7 Å². The molecule has 18 heavy (non-hydrogen) atoms. The van der Waals surface area contributed by atoms with Crippen LogP contribution in [-0.4, -0.2) is 55.0 Å². The van der Waals surface area contributed by atoms with Crippen LogP contribution in [0, 0.1) is 5.41 Å². The lowest BCUT2D eigenvalue weighted by Crippen LogP contribution is -2.50. The van der Waals surface area contributed by atoms with E-state index in [2.05, 4.69) is 5.32 Å². The van der Waals surface area contributed by atoms with E-state index >= 15 is 0 Å². The van der Waals surface area contributed by atoms with E-state index < -0.39 is 0 Å². The molecule has 0 bridgehead atoms. The first-order valence-electron chi connectivity index (χ1n) is 6.49. The molecule has 1 aliphatic heterocycles. The largest absolute Gasteiger partial charge is 0.353 e. The van der Waals surface area contributed by atoms with Crippen molar-refractivity contribution in [2.45, 2.75) is 39.7 Å². The van der Waals surface area contributed by atoms with Gasteiger partial charge in [0.05, 0.1) is 0 Å². The second kappa shape index (κ2) is 5.59. The molecule has 0 aromatic rings. The molecule has 0 radical (unpaired) electrons. The van der Waals surface area contributed by atoms with Crippen LogP contribution in [0.15, 0.2) is 0 Å². The zero-order chi connectivity index (χ0) is 13.9. The van der Waals surface area contributed by atoms with Gasteiger partial charge in [-0.1, -0.05) is 20.8 Å². The van der Waals surface area contributed by atoms with Gasteiger partial charge in [-0.3, -0.25) is 4.79 Å². The Morgan fingerprint density at radius 2 is 1.67 bits per heavy atom. The summed E-state index contributed by atoms with van der Waals surface area (Å²) in [6.07, 6.45) is 1.67. The summed E-state index contributed by atoms with van der Waals surface area (Å²) in [5.74, 6) is 0.0832. The molecule has 1 rings (SSSR count). The summed E-state index contributed by atoms with van der Waals surface area (Å²) in [6.45, 7) is 7.16. The minimum atomic E-state index is -0.351. The monoisotopic (exact) mass is 255 g/mol.